The van der Waals surface area contributed by atoms with E-state index in [0.717, 1.165) is 12.8 Å². The molecule has 0 amide bonds. The molecule has 0 N–H and O–H groups in total. The third kappa shape index (κ3) is 4.24. The highest BCUT2D eigenvalue weighted by molar-refractivity contribution is 6.77. The lowest BCUT2D eigenvalue weighted by atomic mass is 10.2. The molecule has 0 aromatic heterocycles. The smallest absolute Gasteiger partial charge is 0.201 e. The van der Waals surface area contributed by atoms with Gasteiger partial charge in [0.05, 0.1) is 6.10 Å². The van der Waals surface area contributed by atoms with Gasteiger partial charge in [0.15, 0.2) is 0 Å². The van der Waals surface area contributed by atoms with Crippen LogP contribution in [0.3, 0.4) is 0 Å². The molecule has 0 heterocycles. The number of rotatable bonds is 8. The van der Waals surface area contributed by atoms with Gasteiger partial charge in [-0.05, 0) is 29.5 Å². The maximum atomic E-state index is 6.73. The van der Waals surface area contributed by atoms with Crippen LogP contribution in [0.1, 0.15) is 68.2 Å². The molecule has 0 aliphatic rings. The summed E-state index contributed by atoms with van der Waals surface area (Å²) >= 11 is 0. The lowest BCUT2D eigenvalue weighted by Gasteiger charge is -2.44. The fourth-order valence-corrected chi connectivity index (χ4v) is 8.80. The van der Waals surface area contributed by atoms with Crippen LogP contribution in [0.25, 0.3) is 0 Å². The number of hydrogen-bond acceptors (Lipinski definition) is 1. The molecule has 0 unspecified atom stereocenters. The Bertz CT molecular complexity index is 222. The van der Waals surface area contributed by atoms with Gasteiger partial charge in [-0.25, -0.2) is 0 Å². The van der Waals surface area contributed by atoms with E-state index in [4.69, 9.17) is 4.43 Å². The van der Waals surface area contributed by atoms with E-state index in [2.05, 4.69) is 67.5 Å². The van der Waals surface area contributed by atoms with Gasteiger partial charge < -0.3 is 4.43 Å². The van der Waals surface area contributed by atoms with Crippen molar-refractivity contribution in [3.8, 4) is 0 Å². The monoisotopic (exact) mass is 270 g/mol. The SMILES string of the molecule is CC/C=C\[C@H](CC)O[Si](C(C)C)(C(C)C)C(C)C. The predicted octanol–water partition coefficient (Wildman–Crippen LogP) is 5.92. The van der Waals surface area contributed by atoms with Crippen LogP contribution in [0.2, 0.25) is 16.6 Å². The van der Waals surface area contributed by atoms with Crippen LogP contribution in [0.5, 0.6) is 0 Å². The lowest BCUT2D eigenvalue weighted by Crippen LogP contribution is -2.49. The van der Waals surface area contributed by atoms with Gasteiger partial charge in [0.2, 0.25) is 8.32 Å². The maximum absolute atomic E-state index is 6.73. The molecular formula is C16H34OSi. The van der Waals surface area contributed by atoms with Gasteiger partial charge in [0.25, 0.3) is 0 Å². The van der Waals surface area contributed by atoms with Crippen LogP contribution < -0.4 is 0 Å². The summed E-state index contributed by atoms with van der Waals surface area (Å²) < 4.78 is 6.73. The van der Waals surface area contributed by atoms with Gasteiger partial charge in [-0.15, -0.1) is 0 Å². The van der Waals surface area contributed by atoms with Gasteiger partial charge in [0.1, 0.15) is 0 Å². The fraction of sp³-hybridized carbons (Fsp3) is 0.875. The third-order valence-electron chi connectivity index (χ3n) is 4.05. The van der Waals surface area contributed by atoms with E-state index in [1.807, 2.05) is 0 Å². The quantitative estimate of drug-likeness (QED) is 0.393. The molecule has 0 aromatic rings. The van der Waals surface area contributed by atoms with Gasteiger partial charge >= 0.3 is 0 Å². The largest absolute Gasteiger partial charge is 0.410 e. The van der Waals surface area contributed by atoms with Gasteiger partial charge in [-0.2, -0.15) is 0 Å². The molecular weight excluding hydrogens is 236 g/mol. The highest BCUT2D eigenvalue weighted by atomic mass is 28.4. The zero-order chi connectivity index (χ0) is 14.3. The van der Waals surface area contributed by atoms with Crippen LogP contribution in [-0.4, -0.2) is 14.4 Å². The zero-order valence-electron chi connectivity index (χ0n) is 13.8. The summed E-state index contributed by atoms with van der Waals surface area (Å²) in [6.07, 6.45) is 7.00. The normalized spacial score (nSPS) is 15.3. The second-order valence-electron chi connectivity index (χ2n) is 6.22. The molecule has 18 heavy (non-hydrogen) atoms. The summed E-state index contributed by atoms with van der Waals surface area (Å²) in [5.74, 6) is 0. The molecule has 0 aromatic carbocycles. The minimum atomic E-state index is -1.71. The summed E-state index contributed by atoms with van der Waals surface area (Å²) in [5, 5.41) is 0. The summed E-state index contributed by atoms with van der Waals surface area (Å²) in [6, 6.07) is 0. The standard InChI is InChI=1S/C16H34OSi/c1-9-11-12-16(10-2)17-18(13(3)4,14(5)6)15(7)8/h11-16H,9-10H2,1-8H3/b12-11-/t16-/m0/s1. The molecule has 0 rings (SSSR count). The zero-order valence-corrected chi connectivity index (χ0v) is 14.8. The van der Waals surface area contributed by atoms with Crippen LogP contribution >= 0.6 is 0 Å². The molecule has 0 saturated heterocycles. The Morgan fingerprint density at radius 3 is 1.61 bits per heavy atom. The molecule has 0 radical (unpaired) electrons. The van der Waals surface area contributed by atoms with E-state index in [0.29, 0.717) is 22.7 Å². The molecule has 1 atom stereocenters. The minimum Gasteiger partial charge on any atom is -0.410 e. The Hall–Kier alpha value is -0.0831. The van der Waals surface area contributed by atoms with E-state index in [-0.39, 0.29) is 0 Å². The first-order valence-corrected chi connectivity index (χ1v) is 9.81. The molecule has 1 nitrogen and oxygen atoms in total. The molecule has 0 fully saturated rings. The molecule has 0 spiro atoms. The second kappa shape index (κ2) is 8.16. The summed E-state index contributed by atoms with van der Waals surface area (Å²) in [5.41, 5.74) is 2.00. The molecule has 108 valence electrons. The lowest BCUT2D eigenvalue weighted by molar-refractivity contribution is 0.212. The van der Waals surface area contributed by atoms with Crippen molar-refractivity contribution in [1.82, 2.24) is 0 Å². The summed E-state index contributed by atoms with van der Waals surface area (Å²) in [6.45, 7) is 18.5. The van der Waals surface area contributed by atoms with Crippen LogP contribution in [0, 0.1) is 0 Å². The maximum Gasteiger partial charge on any atom is 0.201 e. The highest BCUT2D eigenvalue weighted by Gasteiger charge is 2.46. The van der Waals surface area contributed by atoms with Crippen molar-refractivity contribution in [1.29, 1.82) is 0 Å². The average Bonchev–Trinajstić information content (AvgIpc) is 2.28. The molecule has 0 saturated carbocycles. The van der Waals surface area contributed by atoms with Crippen LogP contribution in [0.4, 0.5) is 0 Å². The van der Waals surface area contributed by atoms with Gasteiger partial charge in [-0.1, -0.05) is 67.5 Å². The van der Waals surface area contributed by atoms with E-state index < -0.39 is 8.32 Å². The Morgan fingerprint density at radius 2 is 1.33 bits per heavy atom. The van der Waals surface area contributed by atoms with Crippen LogP contribution in [-0.2, 0) is 4.43 Å². The summed E-state index contributed by atoms with van der Waals surface area (Å²) in [7, 11) is -1.71. The van der Waals surface area contributed by atoms with Crippen molar-refractivity contribution in [2.45, 2.75) is 91.0 Å². The van der Waals surface area contributed by atoms with Crippen molar-refractivity contribution >= 4 is 8.32 Å². The van der Waals surface area contributed by atoms with E-state index in [1.54, 1.807) is 0 Å². The average molecular weight is 271 g/mol. The second-order valence-corrected chi connectivity index (χ2v) is 11.6. The van der Waals surface area contributed by atoms with Gasteiger partial charge in [0, 0.05) is 0 Å². The first-order chi connectivity index (χ1) is 8.32. The van der Waals surface area contributed by atoms with Crippen LogP contribution in [0.15, 0.2) is 12.2 Å². The van der Waals surface area contributed by atoms with E-state index in [1.165, 1.54) is 0 Å². The Morgan fingerprint density at radius 1 is 0.889 bits per heavy atom. The van der Waals surface area contributed by atoms with Crippen molar-refractivity contribution in [2.24, 2.45) is 0 Å². The van der Waals surface area contributed by atoms with Gasteiger partial charge in [-0.3, -0.25) is 0 Å². The number of allylic oxidation sites excluding steroid dienone is 1. The van der Waals surface area contributed by atoms with Crippen molar-refractivity contribution < 1.29 is 4.43 Å². The molecule has 0 aliphatic carbocycles. The molecule has 2 heteroatoms. The topological polar surface area (TPSA) is 9.23 Å². The van der Waals surface area contributed by atoms with E-state index >= 15 is 0 Å². The summed E-state index contributed by atoms with van der Waals surface area (Å²) in [4.78, 5) is 0. The third-order valence-corrected chi connectivity index (χ3v) is 10.2. The first kappa shape index (κ1) is 17.9. The Kier molecular flexibility index (Phi) is 8.12. The Labute approximate surface area is 116 Å². The predicted molar refractivity (Wildman–Crippen MR) is 85.6 cm³/mol. The molecule has 0 aliphatic heterocycles. The minimum absolute atomic E-state index is 0.309. The number of hydrogen-bond donors (Lipinski definition) is 0. The first-order valence-electron chi connectivity index (χ1n) is 7.67. The van der Waals surface area contributed by atoms with Crippen molar-refractivity contribution in [3.63, 3.8) is 0 Å². The van der Waals surface area contributed by atoms with Crippen molar-refractivity contribution in [2.75, 3.05) is 0 Å². The van der Waals surface area contributed by atoms with Crippen molar-refractivity contribution in [3.05, 3.63) is 12.2 Å². The van der Waals surface area contributed by atoms with E-state index in [9.17, 15) is 0 Å². The highest BCUT2D eigenvalue weighted by Crippen LogP contribution is 2.43. The fourth-order valence-electron chi connectivity index (χ4n) is 3.22. The molecule has 0 bridgehead atoms. The Balaban J connectivity index is 5.14.